The van der Waals surface area contributed by atoms with Gasteiger partial charge in [-0.1, -0.05) is 12.1 Å². The van der Waals surface area contributed by atoms with Gasteiger partial charge in [0, 0.05) is 29.4 Å². The van der Waals surface area contributed by atoms with Gasteiger partial charge in [-0.25, -0.2) is 19.2 Å². The molecule has 0 bridgehead atoms. The van der Waals surface area contributed by atoms with Gasteiger partial charge in [-0.05, 0) is 91.7 Å². The lowest BCUT2D eigenvalue weighted by molar-refractivity contribution is 0.0689. The van der Waals surface area contributed by atoms with Crippen molar-refractivity contribution in [2.24, 2.45) is 5.92 Å². The third-order valence-electron chi connectivity index (χ3n) is 8.58. The molecule has 7 aromatic rings. The van der Waals surface area contributed by atoms with Crippen LogP contribution in [0.2, 0.25) is 0 Å². The highest BCUT2D eigenvalue weighted by atomic mass is 32.1. The van der Waals surface area contributed by atoms with Crippen molar-refractivity contribution in [1.29, 1.82) is 0 Å². The molecule has 0 radical (unpaired) electrons. The van der Waals surface area contributed by atoms with Crippen LogP contribution >= 0.6 is 11.3 Å². The maximum Gasteiger partial charge on any atom is 0.335 e. The van der Waals surface area contributed by atoms with Gasteiger partial charge in [-0.15, -0.1) is 11.3 Å². The molecule has 49 heavy (non-hydrogen) atoms. The van der Waals surface area contributed by atoms with Crippen LogP contribution in [0, 0.1) is 18.7 Å². The van der Waals surface area contributed by atoms with E-state index >= 15 is 0 Å². The third kappa shape index (κ3) is 6.16. The lowest BCUT2D eigenvalue weighted by atomic mass is 9.87. The van der Waals surface area contributed by atoms with Gasteiger partial charge < -0.3 is 19.3 Å². The molecule has 0 spiro atoms. The summed E-state index contributed by atoms with van der Waals surface area (Å²) in [5, 5.41) is 10.3. The molecule has 2 atom stereocenters. The lowest BCUT2D eigenvalue weighted by Gasteiger charge is -2.34. The largest absolute Gasteiger partial charge is 0.493 e. The Labute approximate surface area is 284 Å². The number of pyridine rings is 1. The molecule has 8 rings (SSSR count). The van der Waals surface area contributed by atoms with Crippen LogP contribution in [0.25, 0.3) is 26.9 Å². The summed E-state index contributed by atoms with van der Waals surface area (Å²) in [6, 6.07) is 27.0. The highest BCUT2D eigenvalue weighted by molar-refractivity contribution is 7.18. The van der Waals surface area contributed by atoms with Crippen LogP contribution in [-0.2, 0) is 13.0 Å². The molecule has 0 saturated carbocycles. The molecule has 2 unspecified atom stereocenters. The highest BCUT2D eigenvalue weighted by Crippen LogP contribution is 2.42. The highest BCUT2D eigenvalue weighted by Gasteiger charge is 2.34. The van der Waals surface area contributed by atoms with Gasteiger partial charge in [0.2, 0.25) is 0 Å². The molecule has 0 aliphatic carbocycles. The Kier molecular flexibility index (Phi) is 7.89. The number of aromatic nitrogens is 4. The van der Waals surface area contributed by atoms with Crippen molar-refractivity contribution in [2.45, 2.75) is 26.1 Å². The van der Waals surface area contributed by atoms with Crippen LogP contribution in [-0.4, -0.2) is 37.2 Å². The first-order valence-electron chi connectivity index (χ1n) is 15.7. The van der Waals surface area contributed by atoms with E-state index in [0.29, 0.717) is 35.8 Å². The maximum atomic E-state index is 13.7. The number of carbonyl (C=O) groups is 1. The summed E-state index contributed by atoms with van der Waals surface area (Å²) < 4.78 is 35.9. The van der Waals surface area contributed by atoms with E-state index in [2.05, 4.69) is 19.5 Å². The smallest absolute Gasteiger partial charge is 0.335 e. The topological polar surface area (TPSA) is 109 Å². The van der Waals surface area contributed by atoms with Gasteiger partial charge in [-0.3, -0.25) is 9.55 Å². The van der Waals surface area contributed by atoms with E-state index in [-0.39, 0.29) is 23.9 Å². The predicted octanol–water partition coefficient (Wildman–Crippen LogP) is 8.13. The van der Waals surface area contributed by atoms with E-state index in [1.807, 2.05) is 61.5 Å². The minimum absolute atomic E-state index is 0.141. The van der Waals surface area contributed by atoms with Gasteiger partial charge in [0.05, 0.1) is 34.1 Å². The number of hydrogen-bond acceptors (Lipinski definition) is 8. The van der Waals surface area contributed by atoms with E-state index in [0.717, 1.165) is 43.4 Å². The van der Waals surface area contributed by atoms with Crippen molar-refractivity contribution >= 4 is 38.6 Å². The predicted molar refractivity (Wildman–Crippen MR) is 183 cm³/mol. The Morgan fingerprint density at radius 1 is 1.00 bits per heavy atom. The molecule has 11 heteroatoms. The molecule has 1 aliphatic heterocycles. The average Bonchev–Trinajstić information content (AvgIpc) is 3.68. The van der Waals surface area contributed by atoms with Crippen molar-refractivity contribution in [2.75, 3.05) is 6.61 Å². The second kappa shape index (κ2) is 12.7. The van der Waals surface area contributed by atoms with Crippen LogP contribution in [0.1, 0.15) is 38.4 Å². The normalized spacial score (nSPS) is 15.6. The zero-order valence-electron chi connectivity index (χ0n) is 26.2. The lowest BCUT2D eigenvalue weighted by Crippen LogP contribution is -2.31. The molecule has 4 heterocycles. The first-order chi connectivity index (χ1) is 23.9. The molecule has 1 N–H and O–H groups in total. The molecule has 3 aromatic heterocycles. The summed E-state index contributed by atoms with van der Waals surface area (Å²) >= 11 is 1.46. The number of carboxylic acid groups (broad SMARTS) is 1. The van der Waals surface area contributed by atoms with Crippen LogP contribution in [0.3, 0.4) is 0 Å². The minimum atomic E-state index is -0.975. The quantitative estimate of drug-likeness (QED) is 0.164. The summed E-state index contributed by atoms with van der Waals surface area (Å²) in [6.45, 7) is 2.56. The summed E-state index contributed by atoms with van der Waals surface area (Å²) in [5.74, 6) is 1.38. The second-order valence-corrected chi connectivity index (χ2v) is 13.0. The number of hydrogen-bond donors (Lipinski definition) is 1. The zero-order valence-corrected chi connectivity index (χ0v) is 27.1. The first-order valence-corrected chi connectivity index (χ1v) is 16.5. The van der Waals surface area contributed by atoms with E-state index in [1.165, 1.54) is 23.5 Å². The molecule has 1 aliphatic rings. The van der Waals surface area contributed by atoms with Crippen LogP contribution in [0.15, 0.2) is 103 Å². The van der Waals surface area contributed by atoms with Gasteiger partial charge in [0.25, 0.3) is 0 Å². The SMILES string of the molecule is Cc1nc2cnccc2n1-c1ccc(OC2c3cc(OCc4nc5cc(F)ccc5s4)ccc3OCC2Cc2cccc(C(=O)O)c2)cc1. The number of carboxylic acids is 1. The fourth-order valence-electron chi connectivity index (χ4n) is 6.32. The van der Waals surface area contributed by atoms with E-state index in [1.54, 1.807) is 36.7 Å². The molecule has 0 fully saturated rings. The van der Waals surface area contributed by atoms with E-state index in [4.69, 9.17) is 14.2 Å². The number of aromatic carboxylic acids is 1. The van der Waals surface area contributed by atoms with Gasteiger partial charge in [0.15, 0.2) is 0 Å². The van der Waals surface area contributed by atoms with Crippen molar-refractivity contribution in [3.63, 3.8) is 0 Å². The zero-order chi connectivity index (χ0) is 33.5. The third-order valence-corrected chi connectivity index (χ3v) is 9.59. The number of ether oxygens (including phenoxy) is 3. The summed E-state index contributed by atoms with van der Waals surface area (Å²) in [5.41, 5.74) is 5.26. The van der Waals surface area contributed by atoms with E-state index in [9.17, 15) is 14.3 Å². The fraction of sp³-hybridized carbons (Fsp3) is 0.158. The van der Waals surface area contributed by atoms with Crippen molar-refractivity contribution in [3.8, 4) is 22.9 Å². The number of benzene rings is 4. The Bertz CT molecular complexity index is 2340. The molecular formula is C38H29FN4O5S. The summed E-state index contributed by atoms with van der Waals surface area (Å²) in [4.78, 5) is 25.1. The molecule has 9 nitrogen and oxygen atoms in total. The molecule has 0 saturated heterocycles. The maximum absolute atomic E-state index is 13.7. The number of imidazole rings is 1. The second-order valence-electron chi connectivity index (χ2n) is 11.9. The summed E-state index contributed by atoms with van der Waals surface area (Å²) in [6.07, 6.45) is 3.61. The molecule has 4 aromatic carbocycles. The molecule has 0 amide bonds. The first kappa shape index (κ1) is 30.5. The van der Waals surface area contributed by atoms with Crippen LogP contribution in [0.5, 0.6) is 17.2 Å². The number of rotatable bonds is 9. The van der Waals surface area contributed by atoms with Crippen molar-refractivity contribution in [3.05, 3.63) is 137 Å². The number of nitrogens with zero attached hydrogens (tertiary/aromatic N) is 4. The Morgan fingerprint density at radius 3 is 2.71 bits per heavy atom. The monoisotopic (exact) mass is 672 g/mol. The standard InChI is InChI=1S/C38H29FN4O5S/c1-22-41-32-19-40-14-13-33(32)43(22)27-6-8-28(9-7-27)48-37-25(16-23-3-2-4-24(15-23)38(44)45)20-47-34-11-10-29(18-30(34)37)46-21-36-42-31-17-26(39)5-12-35(31)49-36/h2-15,17-19,25,37H,16,20-21H2,1H3,(H,44,45). The number of thiazole rings is 1. The Morgan fingerprint density at radius 2 is 1.86 bits per heavy atom. The Balaban J connectivity index is 1.09. The minimum Gasteiger partial charge on any atom is -0.493 e. The van der Waals surface area contributed by atoms with Gasteiger partial charge in [-0.2, -0.15) is 0 Å². The van der Waals surface area contributed by atoms with Crippen molar-refractivity contribution in [1.82, 2.24) is 19.5 Å². The molecule has 244 valence electrons. The fourth-order valence-corrected chi connectivity index (χ4v) is 7.18. The Hall–Kier alpha value is -5.81. The van der Waals surface area contributed by atoms with Gasteiger partial charge >= 0.3 is 5.97 Å². The number of halogens is 1. The van der Waals surface area contributed by atoms with E-state index < -0.39 is 12.1 Å². The van der Waals surface area contributed by atoms with Crippen molar-refractivity contribution < 1.29 is 28.5 Å². The number of aryl methyl sites for hydroxylation is 1. The van der Waals surface area contributed by atoms with Gasteiger partial charge in [0.1, 0.15) is 52.1 Å². The van der Waals surface area contributed by atoms with Crippen LogP contribution in [0.4, 0.5) is 4.39 Å². The average molecular weight is 673 g/mol. The number of fused-ring (bicyclic) bond motifs is 3. The molecular weight excluding hydrogens is 644 g/mol. The summed E-state index contributed by atoms with van der Waals surface area (Å²) in [7, 11) is 0. The van der Waals surface area contributed by atoms with Crippen LogP contribution < -0.4 is 14.2 Å².